The first-order valence-electron chi connectivity index (χ1n) is 8.16. The van der Waals surface area contributed by atoms with E-state index in [1.165, 1.54) is 0 Å². The van der Waals surface area contributed by atoms with Gasteiger partial charge in [0.25, 0.3) is 0 Å². The molecule has 0 fully saturated rings. The van der Waals surface area contributed by atoms with Crippen LogP contribution in [0.25, 0.3) is 0 Å². The smallest absolute Gasteiger partial charge is 0.335 e. The summed E-state index contributed by atoms with van der Waals surface area (Å²) in [5, 5.41) is 18.7. The van der Waals surface area contributed by atoms with E-state index in [-0.39, 0.29) is 11.1 Å². The predicted molar refractivity (Wildman–Crippen MR) is 98.8 cm³/mol. The summed E-state index contributed by atoms with van der Waals surface area (Å²) in [7, 11) is 0. The average Bonchev–Trinajstić information content (AvgIpc) is 2.68. The van der Waals surface area contributed by atoms with Crippen LogP contribution in [0, 0.1) is 0 Å². The van der Waals surface area contributed by atoms with Crippen molar-refractivity contribution in [1.29, 1.82) is 0 Å². The van der Waals surface area contributed by atoms with Crippen LogP contribution in [-0.4, -0.2) is 22.2 Å². The van der Waals surface area contributed by atoms with Crippen molar-refractivity contribution in [1.82, 2.24) is 0 Å². The minimum absolute atomic E-state index is 0.194. The highest BCUT2D eigenvalue weighted by Crippen LogP contribution is 2.39. The maximum Gasteiger partial charge on any atom is 0.335 e. The van der Waals surface area contributed by atoms with E-state index in [1.54, 1.807) is 36.4 Å². The third-order valence-corrected chi connectivity index (χ3v) is 4.72. The Morgan fingerprint density at radius 1 is 0.654 bits per heavy atom. The van der Waals surface area contributed by atoms with Crippen molar-refractivity contribution in [2.24, 2.45) is 0 Å². The molecule has 3 rings (SSSR count). The van der Waals surface area contributed by atoms with Gasteiger partial charge in [0.15, 0.2) is 0 Å². The largest absolute Gasteiger partial charge is 0.478 e. The van der Waals surface area contributed by atoms with Gasteiger partial charge in [-0.2, -0.15) is 0 Å². The van der Waals surface area contributed by atoms with Crippen LogP contribution < -0.4 is 0 Å². The van der Waals surface area contributed by atoms with Crippen molar-refractivity contribution >= 4 is 11.9 Å². The molecule has 0 aromatic heterocycles. The lowest BCUT2D eigenvalue weighted by Gasteiger charge is -2.32. The molecule has 0 saturated carbocycles. The summed E-state index contributed by atoms with van der Waals surface area (Å²) in [4.78, 5) is 22.8. The van der Waals surface area contributed by atoms with Gasteiger partial charge in [-0.15, -0.1) is 0 Å². The minimum atomic E-state index is -0.999. The maximum atomic E-state index is 11.4. The second kappa shape index (κ2) is 6.84. The second-order valence-corrected chi connectivity index (χ2v) is 6.26. The maximum absolute atomic E-state index is 11.4. The monoisotopic (exact) mass is 346 g/mol. The quantitative estimate of drug-likeness (QED) is 0.670. The molecule has 0 unspecified atom stereocenters. The lowest BCUT2D eigenvalue weighted by Crippen LogP contribution is -2.26. The zero-order chi connectivity index (χ0) is 18.7. The molecule has 0 aliphatic rings. The molecule has 0 spiro atoms. The molecule has 4 heteroatoms. The first kappa shape index (κ1) is 17.4. The van der Waals surface area contributed by atoms with Gasteiger partial charge < -0.3 is 10.2 Å². The third kappa shape index (κ3) is 3.09. The van der Waals surface area contributed by atoms with Gasteiger partial charge in [-0.1, -0.05) is 54.6 Å². The van der Waals surface area contributed by atoms with Crippen molar-refractivity contribution in [2.45, 2.75) is 12.3 Å². The molecule has 0 aliphatic carbocycles. The van der Waals surface area contributed by atoms with Crippen LogP contribution in [0.4, 0.5) is 0 Å². The number of hydrogen-bond donors (Lipinski definition) is 2. The molecule has 3 aromatic rings. The molecule has 26 heavy (non-hydrogen) atoms. The molecule has 3 aromatic carbocycles. The summed E-state index contributed by atoms with van der Waals surface area (Å²) in [5.41, 5.74) is 2.21. The Bertz CT molecular complexity index is 903. The Kier molecular flexibility index (Phi) is 4.59. The molecule has 4 nitrogen and oxygen atoms in total. The van der Waals surface area contributed by atoms with E-state index < -0.39 is 17.4 Å². The number of hydrogen-bond acceptors (Lipinski definition) is 2. The number of carboxylic acid groups (broad SMARTS) is 2. The van der Waals surface area contributed by atoms with Crippen molar-refractivity contribution in [2.75, 3.05) is 0 Å². The molecule has 0 amide bonds. The van der Waals surface area contributed by atoms with Crippen LogP contribution in [0.3, 0.4) is 0 Å². The Morgan fingerprint density at radius 3 is 1.50 bits per heavy atom. The van der Waals surface area contributed by atoms with Crippen LogP contribution in [0.5, 0.6) is 0 Å². The predicted octanol–water partition coefficient (Wildman–Crippen LogP) is 4.44. The summed E-state index contributed by atoms with van der Waals surface area (Å²) in [6.07, 6.45) is 0. The van der Waals surface area contributed by atoms with E-state index in [2.05, 4.69) is 0 Å². The molecular weight excluding hydrogens is 328 g/mol. The zero-order valence-electron chi connectivity index (χ0n) is 14.2. The first-order chi connectivity index (χ1) is 12.4. The molecule has 0 radical (unpaired) electrons. The summed E-state index contributed by atoms with van der Waals surface area (Å²) < 4.78 is 0. The Labute approximate surface area is 151 Å². The van der Waals surface area contributed by atoms with Crippen molar-refractivity contribution < 1.29 is 19.8 Å². The molecular formula is C22H18O4. The van der Waals surface area contributed by atoms with E-state index in [9.17, 15) is 19.8 Å². The number of carboxylic acids is 2. The molecule has 0 bridgehead atoms. The molecule has 130 valence electrons. The fraction of sp³-hybridized carbons (Fsp3) is 0.0909. The van der Waals surface area contributed by atoms with Crippen LogP contribution in [0.2, 0.25) is 0 Å². The third-order valence-electron chi connectivity index (χ3n) is 4.72. The van der Waals surface area contributed by atoms with Crippen molar-refractivity contribution in [3.8, 4) is 0 Å². The highest BCUT2D eigenvalue weighted by Gasteiger charge is 2.32. The molecule has 0 aliphatic heterocycles. The fourth-order valence-electron chi connectivity index (χ4n) is 3.20. The highest BCUT2D eigenvalue weighted by atomic mass is 16.4. The molecule has 2 N–H and O–H groups in total. The number of aromatic carboxylic acids is 2. The van der Waals surface area contributed by atoms with E-state index in [0.717, 1.165) is 16.7 Å². The lowest BCUT2D eigenvalue weighted by molar-refractivity contribution is 0.0686. The fourth-order valence-corrected chi connectivity index (χ4v) is 3.20. The molecule has 0 heterocycles. The summed E-state index contributed by atoms with van der Waals surface area (Å²) in [6, 6.07) is 23.2. The normalized spacial score (nSPS) is 11.1. The highest BCUT2D eigenvalue weighted by molar-refractivity contribution is 5.89. The van der Waals surface area contributed by atoms with Gasteiger partial charge in [0, 0.05) is 5.41 Å². The first-order valence-corrected chi connectivity index (χ1v) is 8.16. The standard InChI is InChI=1S/C22H18O4/c1-22(17-9-3-2-4-10-17,18-11-5-7-15(13-18)20(23)24)19-12-6-8-16(14-19)21(25)26/h2-14H,1H3,(H,23,24)(H,25,26). The van der Waals surface area contributed by atoms with Crippen LogP contribution >= 0.6 is 0 Å². The Morgan fingerprint density at radius 2 is 1.08 bits per heavy atom. The van der Waals surface area contributed by atoms with E-state index in [1.807, 2.05) is 49.4 Å². The summed E-state index contributed by atoms with van der Waals surface area (Å²) >= 11 is 0. The van der Waals surface area contributed by atoms with Gasteiger partial charge in [-0.05, 0) is 47.9 Å². The second-order valence-electron chi connectivity index (χ2n) is 6.26. The van der Waals surface area contributed by atoms with Gasteiger partial charge >= 0.3 is 11.9 Å². The van der Waals surface area contributed by atoms with Crippen molar-refractivity contribution in [3.05, 3.63) is 107 Å². The van der Waals surface area contributed by atoms with Crippen LogP contribution in [0.1, 0.15) is 44.3 Å². The number of benzene rings is 3. The van der Waals surface area contributed by atoms with E-state index in [0.29, 0.717) is 0 Å². The van der Waals surface area contributed by atoms with E-state index >= 15 is 0 Å². The topological polar surface area (TPSA) is 74.6 Å². The average molecular weight is 346 g/mol. The van der Waals surface area contributed by atoms with Crippen molar-refractivity contribution in [3.63, 3.8) is 0 Å². The summed E-state index contributed by atoms with van der Waals surface area (Å²) in [5.74, 6) is -2.00. The summed E-state index contributed by atoms with van der Waals surface area (Å²) in [6.45, 7) is 1.98. The van der Waals surface area contributed by atoms with Crippen LogP contribution in [-0.2, 0) is 5.41 Å². The number of carbonyl (C=O) groups is 2. The SMILES string of the molecule is CC(c1ccccc1)(c1cccc(C(=O)O)c1)c1cccc(C(=O)O)c1. The van der Waals surface area contributed by atoms with Crippen LogP contribution in [0.15, 0.2) is 78.9 Å². The van der Waals surface area contributed by atoms with E-state index in [4.69, 9.17) is 0 Å². The van der Waals surface area contributed by atoms with Gasteiger partial charge in [0.05, 0.1) is 11.1 Å². The molecule has 0 atom stereocenters. The van der Waals surface area contributed by atoms with Gasteiger partial charge in [-0.3, -0.25) is 0 Å². The zero-order valence-corrected chi connectivity index (χ0v) is 14.2. The van der Waals surface area contributed by atoms with Gasteiger partial charge in [-0.25, -0.2) is 9.59 Å². The number of rotatable bonds is 5. The molecule has 0 saturated heterocycles. The Hall–Kier alpha value is -3.40. The van der Waals surface area contributed by atoms with Gasteiger partial charge in [0.1, 0.15) is 0 Å². The minimum Gasteiger partial charge on any atom is -0.478 e. The lowest BCUT2D eigenvalue weighted by atomic mass is 9.70. The van der Waals surface area contributed by atoms with Gasteiger partial charge in [0.2, 0.25) is 0 Å². The Balaban J connectivity index is 2.28.